The minimum atomic E-state index is -1.05. The highest BCUT2D eigenvalue weighted by molar-refractivity contribution is 5.84. The van der Waals surface area contributed by atoms with E-state index in [9.17, 15) is 14.7 Å². The summed E-state index contributed by atoms with van der Waals surface area (Å²) < 4.78 is 10.0. The molecular weight excluding hydrogens is 288 g/mol. The molecule has 0 aromatic rings. The second kappa shape index (κ2) is 9.92. The third-order valence-electron chi connectivity index (χ3n) is 2.71. The molecule has 0 aliphatic rings. The summed E-state index contributed by atoms with van der Waals surface area (Å²) in [6.07, 6.45) is 2.32. The molecule has 7 nitrogen and oxygen atoms in total. The largest absolute Gasteiger partial charge is 0.449 e. The van der Waals surface area contributed by atoms with E-state index >= 15 is 0 Å². The Morgan fingerprint density at radius 3 is 2.64 bits per heavy atom. The van der Waals surface area contributed by atoms with Crippen molar-refractivity contribution in [2.24, 2.45) is 0 Å². The number of carbonyl (C=O) groups is 2. The molecule has 0 aromatic carbocycles. The molecule has 0 saturated carbocycles. The van der Waals surface area contributed by atoms with E-state index in [2.05, 4.69) is 6.58 Å². The summed E-state index contributed by atoms with van der Waals surface area (Å²) in [5, 5.41) is 18.1. The van der Waals surface area contributed by atoms with Crippen LogP contribution in [0.3, 0.4) is 0 Å². The van der Waals surface area contributed by atoms with Crippen molar-refractivity contribution in [1.82, 2.24) is 4.90 Å². The zero-order valence-corrected chi connectivity index (χ0v) is 13.4. The van der Waals surface area contributed by atoms with Crippen molar-refractivity contribution in [2.75, 3.05) is 26.9 Å². The molecule has 22 heavy (non-hydrogen) atoms. The molecule has 1 N–H and O–H groups in total. The number of likely N-dealkylation sites (N-methyl/N-ethyl adjacent to an activating group) is 1. The van der Waals surface area contributed by atoms with E-state index in [1.165, 1.54) is 11.9 Å². The van der Waals surface area contributed by atoms with Gasteiger partial charge in [0.2, 0.25) is 5.91 Å². The van der Waals surface area contributed by atoms with E-state index in [0.29, 0.717) is 6.42 Å². The minimum Gasteiger partial charge on any atom is -0.449 e. The lowest BCUT2D eigenvalue weighted by molar-refractivity contribution is -0.156. The first-order valence-corrected chi connectivity index (χ1v) is 6.93. The van der Waals surface area contributed by atoms with Gasteiger partial charge >= 0.3 is 5.97 Å². The van der Waals surface area contributed by atoms with Crippen molar-refractivity contribution >= 4 is 11.9 Å². The van der Waals surface area contributed by atoms with Gasteiger partial charge in [-0.15, -0.1) is 6.58 Å². The first-order chi connectivity index (χ1) is 10.2. The van der Waals surface area contributed by atoms with E-state index in [1.807, 2.05) is 0 Å². The lowest BCUT2D eigenvalue weighted by Crippen LogP contribution is -2.47. The minimum absolute atomic E-state index is 0.00369. The summed E-state index contributed by atoms with van der Waals surface area (Å²) in [6.45, 7) is 6.16. The van der Waals surface area contributed by atoms with Crippen molar-refractivity contribution < 1.29 is 24.2 Å². The van der Waals surface area contributed by atoms with Crippen LogP contribution in [0, 0.1) is 11.3 Å². The number of allylic oxidation sites excluding steroid dienone is 1. The van der Waals surface area contributed by atoms with Gasteiger partial charge in [0.1, 0.15) is 6.07 Å². The van der Waals surface area contributed by atoms with E-state index in [0.717, 1.165) is 0 Å². The first-order valence-electron chi connectivity index (χ1n) is 6.93. The fourth-order valence-corrected chi connectivity index (χ4v) is 1.53. The molecule has 0 heterocycles. The van der Waals surface area contributed by atoms with Crippen molar-refractivity contribution in [3.05, 3.63) is 12.7 Å². The Morgan fingerprint density at radius 1 is 1.50 bits per heavy atom. The lowest BCUT2D eigenvalue weighted by atomic mass is 10.1. The fourth-order valence-electron chi connectivity index (χ4n) is 1.53. The summed E-state index contributed by atoms with van der Waals surface area (Å²) in [7, 11) is 1.47. The Kier molecular flexibility index (Phi) is 9.06. The van der Waals surface area contributed by atoms with Crippen LogP contribution in [0.25, 0.3) is 0 Å². The molecule has 0 spiro atoms. The number of hydrogen-bond donors (Lipinski definition) is 1. The molecule has 0 saturated heterocycles. The predicted molar refractivity (Wildman–Crippen MR) is 79.7 cm³/mol. The highest BCUT2D eigenvalue weighted by atomic mass is 16.5. The van der Waals surface area contributed by atoms with E-state index in [-0.39, 0.29) is 25.5 Å². The van der Waals surface area contributed by atoms with Crippen molar-refractivity contribution in [2.45, 2.75) is 38.3 Å². The van der Waals surface area contributed by atoms with Crippen LogP contribution in [0.5, 0.6) is 0 Å². The average Bonchev–Trinajstić information content (AvgIpc) is 2.44. The Hall–Kier alpha value is -1.91. The lowest BCUT2D eigenvalue weighted by Gasteiger charge is -2.27. The quantitative estimate of drug-likeness (QED) is 0.469. The van der Waals surface area contributed by atoms with Gasteiger partial charge in [-0.25, -0.2) is 4.79 Å². The standard InChI is InChI=1S/C15H24N2O5/c1-5-6-7-13(18)17(4)12(14(19)22-9-8-16)10-21-11-15(2,3)20/h5,12,20H,1,6-7,9-11H2,2-4H3. The molecule has 1 amide bonds. The molecule has 7 heteroatoms. The molecule has 0 radical (unpaired) electrons. The van der Waals surface area contributed by atoms with Crippen LogP contribution >= 0.6 is 0 Å². The van der Waals surface area contributed by atoms with E-state index in [1.54, 1.807) is 26.0 Å². The van der Waals surface area contributed by atoms with Gasteiger partial charge in [-0.2, -0.15) is 5.26 Å². The van der Waals surface area contributed by atoms with Crippen LogP contribution in [0.1, 0.15) is 26.7 Å². The summed E-state index contributed by atoms with van der Waals surface area (Å²) in [5.41, 5.74) is -1.05. The third kappa shape index (κ3) is 8.39. The molecule has 0 bridgehead atoms. The van der Waals surface area contributed by atoms with Gasteiger partial charge in [0.05, 0.1) is 18.8 Å². The molecule has 0 aromatic heterocycles. The maximum absolute atomic E-state index is 12.0. The fraction of sp³-hybridized carbons (Fsp3) is 0.667. The summed E-state index contributed by atoms with van der Waals surface area (Å²) in [4.78, 5) is 25.2. The number of hydrogen-bond acceptors (Lipinski definition) is 6. The molecule has 0 rings (SSSR count). The number of nitriles is 1. The smallest absolute Gasteiger partial charge is 0.332 e. The molecule has 1 unspecified atom stereocenters. The van der Waals surface area contributed by atoms with Crippen molar-refractivity contribution in [1.29, 1.82) is 5.26 Å². The van der Waals surface area contributed by atoms with Gasteiger partial charge < -0.3 is 19.5 Å². The highest BCUT2D eigenvalue weighted by Gasteiger charge is 2.29. The van der Waals surface area contributed by atoms with Crippen LogP contribution in [0.4, 0.5) is 0 Å². The Balaban J connectivity index is 4.76. The van der Waals surface area contributed by atoms with Crippen LogP contribution in [-0.2, 0) is 19.1 Å². The number of aliphatic hydroxyl groups is 1. The summed E-state index contributed by atoms with van der Waals surface area (Å²) >= 11 is 0. The number of rotatable bonds is 10. The van der Waals surface area contributed by atoms with Crippen LogP contribution in [0.2, 0.25) is 0 Å². The molecule has 1 atom stereocenters. The maximum Gasteiger partial charge on any atom is 0.332 e. The van der Waals surface area contributed by atoms with Crippen LogP contribution in [0.15, 0.2) is 12.7 Å². The molecule has 0 aliphatic heterocycles. The predicted octanol–water partition coefficient (Wildman–Crippen LogP) is 0.634. The second-order valence-corrected chi connectivity index (χ2v) is 5.44. The highest BCUT2D eigenvalue weighted by Crippen LogP contribution is 2.08. The maximum atomic E-state index is 12.0. The Bertz CT molecular complexity index is 423. The molecule has 124 valence electrons. The topological polar surface area (TPSA) is 99.9 Å². The van der Waals surface area contributed by atoms with Gasteiger partial charge in [-0.3, -0.25) is 4.79 Å². The van der Waals surface area contributed by atoms with Gasteiger partial charge in [0, 0.05) is 13.5 Å². The number of ether oxygens (including phenoxy) is 2. The second-order valence-electron chi connectivity index (χ2n) is 5.44. The van der Waals surface area contributed by atoms with Crippen LogP contribution in [-0.4, -0.2) is 60.4 Å². The van der Waals surface area contributed by atoms with Gasteiger partial charge in [0.25, 0.3) is 0 Å². The van der Waals surface area contributed by atoms with Gasteiger partial charge in [-0.1, -0.05) is 6.08 Å². The monoisotopic (exact) mass is 312 g/mol. The number of carbonyl (C=O) groups excluding carboxylic acids is 2. The molecular formula is C15H24N2O5. The zero-order valence-electron chi connectivity index (χ0n) is 13.4. The number of esters is 1. The Morgan fingerprint density at radius 2 is 2.14 bits per heavy atom. The normalized spacial score (nSPS) is 12.1. The van der Waals surface area contributed by atoms with Crippen molar-refractivity contribution in [3.63, 3.8) is 0 Å². The molecule has 0 aliphatic carbocycles. The van der Waals surface area contributed by atoms with Crippen LogP contribution < -0.4 is 0 Å². The third-order valence-corrected chi connectivity index (χ3v) is 2.71. The number of amides is 1. The number of nitrogens with zero attached hydrogens (tertiary/aromatic N) is 2. The Labute approximate surface area is 131 Å². The van der Waals surface area contributed by atoms with E-state index < -0.39 is 24.2 Å². The SMILES string of the molecule is C=CCCC(=O)N(C)C(COCC(C)(C)O)C(=O)OCC#N. The summed E-state index contributed by atoms with van der Waals surface area (Å²) in [6, 6.07) is 0.731. The van der Waals surface area contributed by atoms with Gasteiger partial charge in [-0.05, 0) is 20.3 Å². The summed E-state index contributed by atoms with van der Waals surface area (Å²) in [5.74, 6) is -0.975. The van der Waals surface area contributed by atoms with E-state index in [4.69, 9.17) is 14.7 Å². The zero-order chi connectivity index (χ0) is 17.2. The first kappa shape index (κ1) is 20.1. The van der Waals surface area contributed by atoms with Crippen molar-refractivity contribution in [3.8, 4) is 6.07 Å². The van der Waals surface area contributed by atoms with Gasteiger partial charge in [0.15, 0.2) is 12.6 Å². The average molecular weight is 312 g/mol. The molecule has 0 fully saturated rings.